The molecule has 0 saturated carbocycles. The summed E-state index contributed by atoms with van der Waals surface area (Å²) in [5, 5.41) is 5.84. The number of hydrogen-bond acceptors (Lipinski definition) is 4. The molecule has 0 spiro atoms. The molecule has 5 nitrogen and oxygen atoms in total. The third-order valence-corrected chi connectivity index (χ3v) is 6.71. The number of ether oxygens (including phenoxy) is 4. The minimum atomic E-state index is 0. The first-order valence-corrected chi connectivity index (χ1v) is 10.7. The molecule has 3 heterocycles. The summed E-state index contributed by atoms with van der Waals surface area (Å²) < 4.78 is 25.5. The third-order valence-electron chi connectivity index (χ3n) is 6.71. The van der Waals surface area contributed by atoms with Gasteiger partial charge in [-0.1, -0.05) is 13.5 Å². The summed E-state index contributed by atoms with van der Waals surface area (Å²) in [4.78, 5) is 0. The average Bonchev–Trinajstić information content (AvgIpc) is 3.28. The van der Waals surface area contributed by atoms with Crippen LogP contribution >= 0.6 is 0 Å². The number of aromatic nitrogens is 1. The van der Waals surface area contributed by atoms with Gasteiger partial charge < -0.3 is 35.9 Å². The van der Waals surface area contributed by atoms with E-state index in [9.17, 15) is 0 Å². The molecule has 1 aromatic heterocycles. The molecular formula is C26H24BrNO4. The highest BCUT2D eigenvalue weighted by atomic mass is 79.9. The van der Waals surface area contributed by atoms with Crippen LogP contribution in [0.15, 0.2) is 30.8 Å². The molecular weight excluding hydrogens is 470 g/mol. The fourth-order valence-corrected chi connectivity index (χ4v) is 5.42. The van der Waals surface area contributed by atoms with Gasteiger partial charge in [-0.25, -0.2) is 0 Å². The monoisotopic (exact) mass is 493 g/mol. The molecule has 4 aromatic rings. The number of aryl methyl sites for hydroxylation is 3. The fraction of sp³-hybridized carbons (Fsp3) is 0.269. The number of halogens is 1. The van der Waals surface area contributed by atoms with E-state index in [1.54, 1.807) is 14.2 Å². The zero-order valence-corrected chi connectivity index (χ0v) is 20.0. The topological polar surface area (TPSA) is 40.8 Å². The van der Waals surface area contributed by atoms with Gasteiger partial charge in [-0.3, -0.25) is 0 Å². The van der Waals surface area contributed by atoms with Crippen LogP contribution in [0.3, 0.4) is 0 Å². The van der Waals surface area contributed by atoms with Crippen molar-refractivity contribution < 1.29 is 40.5 Å². The Morgan fingerprint density at radius 3 is 2.62 bits per heavy atom. The van der Waals surface area contributed by atoms with Gasteiger partial charge >= 0.3 is 0 Å². The van der Waals surface area contributed by atoms with Crippen LogP contribution < -0.4 is 40.5 Å². The van der Waals surface area contributed by atoms with Gasteiger partial charge in [0.25, 0.3) is 0 Å². The predicted octanol–water partition coefficient (Wildman–Crippen LogP) is 1.95. The van der Waals surface area contributed by atoms with Crippen molar-refractivity contribution >= 4 is 38.5 Å². The Labute approximate surface area is 196 Å². The Balaban J connectivity index is 0.00000216. The standard InChI is InChI=1S/C26H24NO4.BrH/c1-5-14-11-17-16-7-8-19(28-3)25(29-4)23(16)18(6-2)27-10-9-15-12-20-26(31-13-30-20)22(14)21(15)24(17)27;/h6-8,11-12H,2,5,9-10,13H2,1,3-4H3;1H/q+1;/p-1. The van der Waals surface area contributed by atoms with E-state index < -0.39 is 0 Å². The van der Waals surface area contributed by atoms with Gasteiger partial charge in [-0.15, -0.1) is 0 Å². The summed E-state index contributed by atoms with van der Waals surface area (Å²) in [5.41, 5.74) is 4.85. The summed E-state index contributed by atoms with van der Waals surface area (Å²) in [6.45, 7) is 7.49. The highest BCUT2D eigenvalue weighted by Gasteiger charge is 2.33. The molecule has 0 amide bonds. The number of methoxy groups -OCH3 is 2. The maximum atomic E-state index is 5.94. The molecule has 32 heavy (non-hydrogen) atoms. The van der Waals surface area contributed by atoms with Gasteiger partial charge in [0, 0.05) is 23.3 Å². The molecule has 6 heteroatoms. The molecule has 0 N–H and O–H groups in total. The molecule has 0 saturated heterocycles. The van der Waals surface area contributed by atoms with Crippen LogP contribution in [0.1, 0.15) is 23.7 Å². The van der Waals surface area contributed by atoms with E-state index in [4.69, 9.17) is 18.9 Å². The van der Waals surface area contributed by atoms with Crippen molar-refractivity contribution in [2.75, 3.05) is 21.0 Å². The number of hydrogen-bond donors (Lipinski definition) is 0. The number of rotatable bonds is 4. The van der Waals surface area contributed by atoms with Crippen LogP contribution in [0.25, 0.3) is 38.5 Å². The van der Waals surface area contributed by atoms with Gasteiger partial charge in [0.2, 0.25) is 18.0 Å². The lowest BCUT2D eigenvalue weighted by atomic mass is 9.88. The first kappa shape index (κ1) is 20.9. The molecule has 0 bridgehead atoms. The lowest BCUT2D eigenvalue weighted by molar-refractivity contribution is -0.671. The molecule has 0 unspecified atom stereocenters. The Hall–Kier alpha value is -2.99. The highest BCUT2D eigenvalue weighted by Crippen LogP contribution is 2.48. The zero-order chi connectivity index (χ0) is 21.3. The van der Waals surface area contributed by atoms with Crippen LogP contribution in [0, 0.1) is 0 Å². The lowest BCUT2D eigenvalue weighted by Crippen LogP contribution is -3.00. The molecule has 6 rings (SSSR count). The van der Waals surface area contributed by atoms with E-state index in [2.05, 4.69) is 36.3 Å². The fourth-order valence-electron chi connectivity index (χ4n) is 5.42. The second-order valence-electron chi connectivity index (χ2n) is 8.02. The average molecular weight is 494 g/mol. The molecule has 2 aliphatic heterocycles. The quantitative estimate of drug-likeness (QED) is 0.322. The third kappa shape index (κ3) is 2.53. The van der Waals surface area contributed by atoms with E-state index in [1.807, 2.05) is 12.1 Å². The molecule has 3 aromatic carbocycles. The predicted molar refractivity (Wildman–Crippen MR) is 122 cm³/mol. The number of benzene rings is 3. The van der Waals surface area contributed by atoms with Crippen molar-refractivity contribution in [2.24, 2.45) is 0 Å². The lowest BCUT2D eigenvalue weighted by Gasteiger charge is -2.21. The van der Waals surface area contributed by atoms with Crippen LogP contribution in [0.2, 0.25) is 0 Å². The van der Waals surface area contributed by atoms with Gasteiger partial charge in [-0.05, 0) is 41.8 Å². The Morgan fingerprint density at radius 2 is 1.91 bits per heavy atom. The Bertz CT molecular complexity index is 1440. The second kappa shape index (κ2) is 7.55. The molecule has 2 aliphatic rings. The summed E-state index contributed by atoms with van der Waals surface area (Å²) in [6, 6.07) is 8.60. The van der Waals surface area contributed by atoms with Gasteiger partial charge in [0.15, 0.2) is 29.5 Å². The van der Waals surface area contributed by atoms with Crippen LogP contribution in [0.5, 0.6) is 23.0 Å². The van der Waals surface area contributed by atoms with Gasteiger partial charge in [0.05, 0.1) is 25.0 Å². The van der Waals surface area contributed by atoms with Crippen molar-refractivity contribution in [2.45, 2.75) is 26.3 Å². The molecule has 164 valence electrons. The summed E-state index contributed by atoms with van der Waals surface area (Å²) >= 11 is 0. The minimum absolute atomic E-state index is 0. The maximum Gasteiger partial charge on any atom is 0.231 e. The van der Waals surface area contributed by atoms with Crippen molar-refractivity contribution in [1.29, 1.82) is 0 Å². The Kier molecular flexibility index (Phi) is 4.93. The van der Waals surface area contributed by atoms with Gasteiger partial charge in [0.1, 0.15) is 5.39 Å². The van der Waals surface area contributed by atoms with E-state index >= 15 is 0 Å². The number of fused-ring (bicyclic) bond motifs is 4. The molecule has 0 aliphatic carbocycles. The molecule has 0 radical (unpaired) electrons. The number of nitrogens with zero attached hydrogens (tertiary/aromatic N) is 1. The van der Waals surface area contributed by atoms with Crippen LogP contribution in [0.4, 0.5) is 0 Å². The summed E-state index contributed by atoms with van der Waals surface area (Å²) in [7, 11) is 3.37. The van der Waals surface area contributed by atoms with Crippen LogP contribution in [-0.2, 0) is 19.4 Å². The smallest absolute Gasteiger partial charge is 0.231 e. The second-order valence-corrected chi connectivity index (χ2v) is 8.02. The van der Waals surface area contributed by atoms with Crippen molar-refractivity contribution in [3.8, 4) is 23.0 Å². The molecule has 0 fully saturated rings. The van der Waals surface area contributed by atoms with Crippen LogP contribution in [-0.4, -0.2) is 21.0 Å². The van der Waals surface area contributed by atoms with Crippen molar-refractivity contribution in [3.05, 3.63) is 47.7 Å². The first-order valence-electron chi connectivity index (χ1n) is 10.7. The largest absolute Gasteiger partial charge is 1.00 e. The zero-order valence-electron chi connectivity index (χ0n) is 18.4. The first-order chi connectivity index (χ1) is 15.2. The maximum absolute atomic E-state index is 5.94. The van der Waals surface area contributed by atoms with Gasteiger partial charge in [-0.2, -0.15) is 4.57 Å². The Morgan fingerprint density at radius 1 is 1.06 bits per heavy atom. The van der Waals surface area contributed by atoms with Crippen molar-refractivity contribution in [3.63, 3.8) is 0 Å². The van der Waals surface area contributed by atoms with E-state index in [1.165, 1.54) is 32.8 Å². The van der Waals surface area contributed by atoms with E-state index in [0.717, 1.165) is 58.9 Å². The number of pyridine rings is 1. The normalized spacial score (nSPS) is 13.6. The highest BCUT2D eigenvalue weighted by molar-refractivity contribution is 6.19. The summed E-state index contributed by atoms with van der Waals surface area (Å²) in [5.74, 6) is 3.21. The minimum Gasteiger partial charge on any atom is -1.00 e. The molecule has 0 atom stereocenters. The van der Waals surface area contributed by atoms with E-state index in [0.29, 0.717) is 0 Å². The summed E-state index contributed by atoms with van der Waals surface area (Å²) in [6.07, 6.45) is 3.76. The SMILES string of the molecule is C=Cc1c2c(OC)c(OC)ccc2c2cc(CC)c3c4c(cc5c3c2[n+]1CC5)OCO4.[Br-]. The van der Waals surface area contributed by atoms with E-state index in [-0.39, 0.29) is 23.8 Å². The van der Waals surface area contributed by atoms with Crippen molar-refractivity contribution in [1.82, 2.24) is 0 Å².